The van der Waals surface area contributed by atoms with Crippen LogP contribution in [0.25, 0.3) is 0 Å². The highest BCUT2D eigenvalue weighted by Gasteiger charge is 2.29. The number of hydrogen-bond acceptors (Lipinski definition) is 6. The van der Waals surface area contributed by atoms with Crippen molar-refractivity contribution >= 4 is 52.3 Å². The molecule has 2 N–H and O–H groups in total. The van der Waals surface area contributed by atoms with Crippen molar-refractivity contribution in [2.45, 2.75) is 20.5 Å². The van der Waals surface area contributed by atoms with Crippen LogP contribution in [-0.4, -0.2) is 28.8 Å². The molecule has 0 fully saturated rings. The molecular formula is C14H12BClN2O4S. The summed E-state index contributed by atoms with van der Waals surface area (Å²) in [7, 11) is -1.06. The predicted molar refractivity (Wildman–Crippen MR) is 88.7 cm³/mol. The summed E-state index contributed by atoms with van der Waals surface area (Å²) in [6, 6.07) is 3.12. The van der Waals surface area contributed by atoms with Gasteiger partial charge in [-0.25, -0.2) is 4.98 Å². The lowest BCUT2D eigenvalue weighted by molar-refractivity contribution is 0.101. The van der Waals surface area contributed by atoms with Crippen molar-refractivity contribution in [2.75, 3.05) is 5.32 Å². The zero-order valence-electron chi connectivity index (χ0n) is 12.3. The van der Waals surface area contributed by atoms with Gasteiger partial charge in [0.1, 0.15) is 0 Å². The molecule has 6 nitrogen and oxygen atoms in total. The van der Waals surface area contributed by atoms with Gasteiger partial charge in [0.2, 0.25) is 0 Å². The second kappa shape index (κ2) is 6.05. The maximum Gasteiger partial charge on any atom is 0.491 e. The average molecular weight is 351 g/mol. The molecule has 0 bridgehead atoms. The Morgan fingerprint density at radius 2 is 2.22 bits per heavy atom. The molecule has 0 atom stereocenters. The molecule has 118 valence electrons. The topological polar surface area (TPSA) is 88.5 Å². The lowest BCUT2D eigenvalue weighted by Crippen LogP contribution is -2.29. The zero-order chi connectivity index (χ0) is 16.7. The Kier molecular flexibility index (Phi) is 4.24. The first-order valence-corrected chi connectivity index (χ1v) is 7.98. The van der Waals surface area contributed by atoms with E-state index in [4.69, 9.17) is 16.3 Å². The third kappa shape index (κ3) is 3.03. The van der Waals surface area contributed by atoms with E-state index in [2.05, 4.69) is 10.3 Å². The summed E-state index contributed by atoms with van der Waals surface area (Å²) >= 11 is 7.25. The molecule has 1 aliphatic rings. The number of aromatic nitrogens is 1. The minimum Gasteiger partial charge on any atom is -0.423 e. The number of anilines is 1. The number of aryl methyl sites for hydroxylation is 1. The van der Waals surface area contributed by atoms with Gasteiger partial charge in [0.15, 0.2) is 10.9 Å². The van der Waals surface area contributed by atoms with E-state index in [1.54, 1.807) is 13.0 Å². The Morgan fingerprint density at radius 3 is 2.87 bits per heavy atom. The third-order valence-corrected chi connectivity index (χ3v) is 4.96. The fourth-order valence-electron chi connectivity index (χ4n) is 2.36. The highest BCUT2D eigenvalue weighted by molar-refractivity contribution is 7.17. The maximum absolute atomic E-state index is 12.4. The van der Waals surface area contributed by atoms with E-state index in [1.807, 2.05) is 0 Å². The molecule has 0 aliphatic carbocycles. The smallest absolute Gasteiger partial charge is 0.423 e. The van der Waals surface area contributed by atoms with Crippen LogP contribution >= 0.6 is 22.9 Å². The second-order valence-corrected chi connectivity index (χ2v) is 6.54. The van der Waals surface area contributed by atoms with Crippen LogP contribution in [0.5, 0.6) is 0 Å². The maximum atomic E-state index is 12.4. The molecule has 9 heteroatoms. The predicted octanol–water partition coefficient (Wildman–Crippen LogP) is 1.78. The van der Waals surface area contributed by atoms with Gasteiger partial charge in [0.25, 0.3) is 5.91 Å². The molecule has 2 aromatic rings. The van der Waals surface area contributed by atoms with Crippen LogP contribution in [0.4, 0.5) is 5.13 Å². The van der Waals surface area contributed by atoms with Crippen molar-refractivity contribution in [3.63, 3.8) is 0 Å². The van der Waals surface area contributed by atoms with Crippen molar-refractivity contribution < 1.29 is 19.3 Å². The van der Waals surface area contributed by atoms with Gasteiger partial charge < -0.3 is 9.68 Å². The standard InChI is InChI=1S/C14H12BClN2O4S/c1-6-12(7(2)19)23-14(17-6)18-13(20)9-4-10-8(3-11(9)16)5-22-15(10)21/h3-4,21H,5H2,1-2H3,(H,17,18,20). The van der Waals surface area contributed by atoms with Gasteiger partial charge >= 0.3 is 7.12 Å². The van der Waals surface area contributed by atoms with E-state index in [9.17, 15) is 14.6 Å². The highest BCUT2D eigenvalue weighted by atomic mass is 35.5. The van der Waals surface area contributed by atoms with E-state index < -0.39 is 13.0 Å². The number of carbonyl (C=O) groups is 2. The van der Waals surface area contributed by atoms with Crippen molar-refractivity contribution in [1.82, 2.24) is 4.98 Å². The second-order valence-electron chi connectivity index (χ2n) is 5.14. The average Bonchev–Trinajstić information content (AvgIpc) is 3.01. The summed E-state index contributed by atoms with van der Waals surface area (Å²) < 4.78 is 5.09. The molecule has 1 aromatic heterocycles. The van der Waals surface area contributed by atoms with Crippen molar-refractivity contribution in [3.05, 3.63) is 38.9 Å². The molecule has 1 amide bonds. The van der Waals surface area contributed by atoms with Crippen molar-refractivity contribution in [2.24, 2.45) is 0 Å². The largest absolute Gasteiger partial charge is 0.491 e. The van der Waals surface area contributed by atoms with Gasteiger partial charge in [-0.2, -0.15) is 0 Å². The number of nitrogens with zero attached hydrogens (tertiary/aromatic N) is 1. The molecule has 0 radical (unpaired) electrons. The fourth-order valence-corrected chi connectivity index (χ4v) is 3.49. The van der Waals surface area contributed by atoms with Crippen LogP contribution in [0.3, 0.4) is 0 Å². The number of carbonyl (C=O) groups excluding carboxylic acids is 2. The van der Waals surface area contributed by atoms with E-state index in [0.717, 1.165) is 16.9 Å². The van der Waals surface area contributed by atoms with Crippen LogP contribution in [0.2, 0.25) is 5.02 Å². The monoisotopic (exact) mass is 350 g/mol. The summed E-state index contributed by atoms with van der Waals surface area (Å²) in [6.07, 6.45) is 0. The first kappa shape index (κ1) is 16.1. The number of amides is 1. The SMILES string of the molecule is CC(=O)c1sc(NC(=O)c2cc3c(cc2Cl)COB3O)nc1C. The fraction of sp³-hybridized carbons (Fsp3) is 0.214. The zero-order valence-corrected chi connectivity index (χ0v) is 13.9. The van der Waals surface area contributed by atoms with Crippen molar-refractivity contribution in [3.8, 4) is 0 Å². The number of Topliss-reactive ketones (excluding diaryl/α,β-unsaturated/α-hetero) is 1. The number of hydrogen-bond donors (Lipinski definition) is 2. The molecule has 0 saturated heterocycles. The quantitative estimate of drug-likeness (QED) is 0.651. The molecule has 2 heterocycles. The van der Waals surface area contributed by atoms with Crippen LogP contribution < -0.4 is 10.8 Å². The first-order valence-electron chi connectivity index (χ1n) is 6.78. The molecular weight excluding hydrogens is 338 g/mol. The highest BCUT2D eigenvalue weighted by Crippen LogP contribution is 2.25. The van der Waals surface area contributed by atoms with Crippen molar-refractivity contribution in [1.29, 1.82) is 0 Å². The Morgan fingerprint density at radius 1 is 1.48 bits per heavy atom. The summed E-state index contributed by atoms with van der Waals surface area (Å²) in [5.74, 6) is -0.558. The Hall–Kier alpha value is -1.74. The van der Waals surface area contributed by atoms with Gasteiger partial charge in [-0.1, -0.05) is 22.9 Å². The summed E-state index contributed by atoms with van der Waals surface area (Å²) in [4.78, 5) is 28.5. The molecule has 0 saturated carbocycles. The number of nitrogens with one attached hydrogen (secondary N) is 1. The van der Waals surface area contributed by atoms with Crippen LogP contribution in [0.15, 0.2) is 12.1 Å². The van der Waals surface area contributed by atoms with E-state index in [1.165, 1.54) is 13.0 Å². The van der Waals surface area contributed by atoms with Crippen LogP contribution in [0.1, 0.15) is 38.2 Å². The Labute approximate surface area is 141 Å². The molecule has 1 aliphatic heterocycles. The molecule has 23 heavy (non-hydrogen) atoms. The van der Waals surface area contributed by atoms with E-state index in [0.29, 0.717) is 21.2 Å². The number of fused-ring (bicyclic) bond motifs is 1. The number of ketones is 1. The van der Waals surface area contributed by atoms with Gasteiger partial charge in [-0.05, 0) is 30.1 Å². The molecule has 1 aromatic carbocycles. The summed E-state index contributed by atoms with van der Waals surface area (Å²) in [5.41, 5.74) is 2.07. The number of benzene rings is 1. The minimum absolute atomic E-state index is 0.101. The minimum atomic E-state index is -1.06. The molecule has 0 unspecified atom stereocenters. The summed E-state index contributed by atoms with van der Waals surface area (Å²) in [6.45, 7) is 3.41. The number of halogens is 1. The molecule has 0 spiro atoms. The summed E-state index contributed by atoms with van der Waals surface area (Å²) in [5, 5.41) is 12.9. The third-order valence-electron chi connectivity index (χ3n) is 3.47. The van der Waals surface area contributed by atoms with Crippen LogP contribution in [0, 0.1) is 6.92 Å². The number of thiazole rings is 1. The van der Waals surface area contributed by atoms with Gasteiger partial charge in [0.05, 0.1) is 27.8 Å². The molecule has 3 rings (SSSR count). The lowest BCUT2D eigenvalue weighted by Gasteiger charge is -2.07. The van der Waals surface area contributed by atoms with Gasteiger partial charge in [-0.15, -0.1) is 0 Å². The normalized spacial score (nSPS) is 13.1. The Balaban J connectivity index is 1.88. The number of rotatable bonds is 3. The van der Waals surface area contributed by atoms with Gasteiger partial charge in [0, 0.05) is 6.92 Å². The van der Waals surface area contributed by atoms with E-state index >= 15 is 0 Å². The van der Waals surface area contributed by atoms with Crippen LogP contribution in [-0.2, 0) is 11.3 Å². The van der Waals surface area contributed by atoms with Gasteiger partial charge in [-0.3, -0.25) is 14.9 Å². The first-order chi connectivity index (χ1) is 10.9. The Bertz CT molecular complexity index is 823. The van der Waals surface area contributed by atoms with E-state index in [-0.39, 0.29) is 23.0 Å². The lowest BCUT2D eigenvalue weighted by atomic mass is 9.78.